The predicted octanol–water partition coefficient (Wildman–Crippen LogP) is 11.4. The summed E-state index contributed by atoms with van der Waals surface area (Å²) in [4.78, 5) is 28.1. The molecule has 10 aliphatic rings. The lowest BCUT2D eigenvalue weighted by molar-refractivity contribution is -0.0168. The molecule has 12 unspecified atom stereocenters. The molecule has 4 aliphatic heterocycles. The highest BCUT2D eigenvalue weighted by Crippen LogP contribution is 2.48. The number of aromatic nitrogens is 11. The number of hydrogen-bond donors (Lipinski definition) is 16. The number of aliphatic hydroxyl groups excluding tert-OH is 10. The van der Waals surface area contributed by atoms with Gasteiger partial charge < -0.3 is 136 Å². The van der Waals surface area contributed by atoms with Crippen LogP contribution in [0.15, 0.2) is 164 Å². The summed E-state index contributed by atoms with van der Waals surface area (Å²) < 4.78 is 112. The van der Waals surface area contributed by atoms with Gasteiger partial charge in [-0.25, -0.2) is 51.9 Å². The normalized spacial score (nSPS) is 26.4. The van der Waals surface area contributed by atoms with Crippen molar-refractivity contribution in [2.75, 3.05) is 50.4 Å². The fourth-order valence-electron chi connectivity index (χ4n) is 23.8. The van der Waals surface area contributed by atoms with Crippen LogP contribution in [-0.4, -0.2) is 233 Å². The summed E-state index contributed by atoms with van der Waals surface area (Å²) in [5.41, 5.74) is 34.7. The van der Waals surface area contributed by atoms with Crippen molar-refractivity contribution in [3.05, 3.63) is 271 Å². The van der Waals surface area contributed by atoms with E-state index in [2.05, 4.69) is 105 Å². The first-order valence-electron chi connectivity index (χ1n) is 50.8. The number of ether oxygens (including phenoxy) is 5. The third-order valence-electron chi connectivity index (χ3n) is 31.5. The SMILES string of the molecule is CN1CCc2cccc(OC3CC(n4cc(F)c5c(N)ccnc54)[C@H](O)[C@@H]3O)c2C1.Cc1cc(OC2CC(n3cc(F)c4c(N)ccnc43)C(O)C2O)c2c(c1F)CCNC2.Cc1cc2c(c(OC3CC(n4cc(C)c5c(C)ncnc54)[C@H](O)[C@@H]3O)c1)CCCC2.Nc1ccnc2c1c(F)cn2C1CC(Oc2cc(Br)c(F)c3c2CNCC3)[C@@H](O)[C@H]1O.O[C@@H]1C(Oc2cccc3c2CNCC3)CC(n2ccc3cccnc32)[C@@H]1O. The largest absolute Gasteiger partial charge is 0.487 e. The first-order chi connectivity index (χ1) is 71.8. The summed E-state index contributed by atoms with van der Waals surface area (Å²) in [6, 6.07) is 27.5. The van der Waals surface area contributed by atoms with Gasteiger partial charge in [-0.3, -0.25) is 0 Å². The molecular weight excluding hydrogens is 1990 g/mol. The molecule has 14 heterocycles. The maximum atomic E-state index is 14.6. The molecule has 0 spiro atoms. The topological polar surface area (TPSA) is 468 Å². The molecule has 25 rings (SSSR count). The number of pyridine rings is 4. The Morgan fingerprint density at radius 1 is 0.362 bits per heavy atom. The number of aryl methyl sites for hydroxylation is 5. The van der Waals surface area contributed by atoms with Crippen LogP contribution in [0.5, 0.6) is 28.7 Å². The Morgan fingerprint density at radius 2 is 0.785 bits per heavy atom. The smallest absolute Gasteiger partial charge is 0.152 e. The molecule has 0 amide bonds. The minimum atomic E-state index is -1.22. The molecule has 149 heavy (non-hydrogen) atoms. The average Bonchev–Trinajstić information content (AvgIpc) is 1.62. The molecule has 33 nitrogen and oxygen atoms in total. The number of nitrogens with one attached hydrogen (secondary N) is 3. The maximum absolute atomic E-state index is 14.6. The molecule has 0 bridgehead atoms. The quantitative estimate of drug-likeness (QED) is 0.0424. The second-order valence-electron chi connectivity index (χ2n) is 40.9. The highest BCUT2D eigenvalue weighted by Gasteiger charge is 2.51. The molecule has 0 radical (unpaired) electrons. The van der Waals surface area contributed by atoms with Crippen LogP contribution in [0.25, 0.3) is 55.2 Å². The van der Waals surface area contributed by atoms with Crippen molar-refractivity contribution in [3.63, 3.8) is 0 Å². The van der Waals surface area contributed by atoms with Gasteiger partial charge in [0.05, 0.1) is 56.5 Å². The second kappa shape index (κ2) is 42.3. The van der Waals surface area contributed by atoms with Crippen LogP contribution in [0.2, 0.25) is 0 Å². The first kappa shape index (κ1) is 102. The van der Waals surface area contributed by atoms with Gasteiger partial charge in [0.1, 0.15) is 167 Å². The second-order valence-corrected chi connectivity index (χ2v) is 41.8. The summed E-state index contributed by atoms with van der Waals surface area (Å²) in [7, 11) is 2.06. The Kier molecular flexibility index (Phi) is 29.1. The monoisotopic (exact) mass is 2110 g/mol. The number of nitrogens with two attached hydrogens (primary N) is 3. The third-order valence-corrected chi connectivity index (χ3v) is 32.1. The molecule has 0 saturated heterocycles. The number of likely N-dealkylation sites (N-methyl/N-ethyl adjacent to an activating group) is 1. The van der Waals surface area contributed by atoms with E-state index in [-0.39, 0.29) is 74.3 Å². The van der Waals surface area contributed by atoms with Crippen LogP contribution in [0.4, 0.5) is 39.0 Å². The number of aliphatic hydroxyl groups is 10. The minimum Gasteiger partial charge on any atom is -0.487 e. The van der Waals surface area contributed by atoms with Crippen molar-refractivity contribution in [3.8, 4) is 28.7 Å². The number of nitrogens with zero attached hydrogens (tertiary/aromatic N) is 12. The van der Waals surface area contributed by atoms with E-state index in [1.54, 1.807) is 36.1 Å². The Hall–Kier alpha value is -12.6. The van der Waals surface area contributed by atoms with Gasteiger partial charge in [-0.2, -0.15) is 0 Å². The van der Waals surface area contributed by atoms with Gasteiger partial charge in [-0.1, -0.05) is 30.3 Å². The summed E-state index contributed by atoms with van der Waals surface area (Å²) in [6.07, 6.45) is 10.9. The van der Waals surface area contributed by atoms with E-state index < -0.39 is 127 Å². The Bertz CT molecular complexity index is 7360. The summed E-state index contributed by atoms with van der Waals surface area (Å²) >= 11 is 3.23. The molecule has 39 heteroatoms. The molecular formula is C110H122BrF5N18O15. The van der Waals surface area contributed by atoms with Crippen LogP contribution >= 0.6 is 15.9 Å². The highest BCUT2D eigenvalue weighted by molar-refractivity contribution is 9.10. The van der Waals surface area contributed by atoms with Gasteiger partial charge in [-0.15, -0.1) is 0 Å². The fourth-order valence-corrected chi connectivity index (χ4v) is 24.2. The van der Waals surface area contributed by atoms with E-state index in [4.69, 9.17) is 40.9 Å². The maximum Gasteiger partial charge on any atom is 0.152 e. The van der Waals surface area contributed by atoms with E-state index >= 15 is 0 Å². The molecule has 5 aromatic carbocycles. The van der Waals surface area contributed by atoms with Crippen LogP contribution in [0, 0.1) is 56.8 Å². The minimum absolute atomic E-state index is 0.177. The van der Waals surface area contributed by atoms with Crippen molar-refractivity contribution in [2.45, 2.75) is 259 Å². The van der Waals surface area contributed by atoms with Crippen molar-refractivity contribution in [1.29, 1.82) is 0 Å². The molecule has 20 atom stereocenters. The number of anilines is 3. The van der Waals surface area contributed by atoms with Crippen LogP contribution in [0.3, 0.4) is 0 Å². The zero-order valence-electron chi connectivity index (χ0n) is 82.8. The van der Waals surface area contributed by atoms with E-state index in [9.17, 15) is 73.0 Å². The Balaban J connectivity index is 0.000000109. The number of halogens is 6. The Morgan fingerprint density at radius 3 is 1.30 bits per heavy atom. The summed E-state index contributed by atoms with van der Waals surface area (Å²) in [6.45, 7) is 13.5. The lowest BCUT2D eigenvalue weighted by Gasteiger charge is -2.28. The number of fused-ring (bicyclic) bond motifs is 10. The predicted molar refractivity (Wildman–Crippen MR) is 552 cm³/mol. The van der Waals surface area contributed by atoms with Crippen molar-refractivity contribution >= 4 is 88.2 Å². The molecule has 15 aromatic rings. The summed E-state index contributed by atoms with van der Waals surface area (Å²) in [5, 5.41) is 120. The highest BCUT2D eigenvalue weighted by atomic mass is 79.9. The van der Waals surface area contributed by atoms with E-state index in [1.807, 2.05) is 77.8 Å². The van der Waals surface area contributed by atoms with Crippen LogP contribution < -0.4 is 56.8 Å². The fraction of sp³-hybridized carbons (Fsp3) is 0.418. The van der Waals surface area contributed by atoms with Crippen molar-refractivity contribution in [2.24, 2.45) is 0 Å². The first-order valence-corrected chi connectivity index (χ1v) is 51.6. The van der Waals surface area contributed by atoms with Gasteiger partial charge in [0.25, 0.3) is 0 Å². The number of benzene rings is 5. The molecule has 5 fully saturated rings. The van der Waals surface area contributed by atoms with Gasteiger partial charge in [0.2, 0.25) is 0 Å². The lowest BCUT2D eigenvalue weighted by Crippen LogP contribution is -2.35. The zero-order chi connectivity index (χ0) is 104. The average molecular weight is 2110 g/mol. The van der Waals surface area contributed by atoms with Gasteiger partial charge in [0.15, 0.2) is 17.5 Å². The van der Waals surface area contributed by atoms with Crippen LogP contribution in [-0.2, 0) is 64.7 Å². The third kappa shape index (κ3) is 19.4. The van der Waals surface area contributed by atoms with Crippen LogP contribution in [0.1, 0.15) is 153 Å². The van der Waals surface area contributed by atoms with Gasteiger partial charge in [0, 0.05) is 171 Å². The standard InChI is InChI=1S/C24H29N3O3.C22H24F2N4O3.C22H25FN4O3.C21H21BrF2N4O3.C21H23N3O3/c1-13-8-16-6-4-5-7-17(16)19(9-13)30-20-10-18(22(28)23(20)29)27-11-14(2)21-15(3)25-12-26-24(21)27;1-10-6-16(12-8-26-4-2-11(12)19(10)24)31-17-7-15(20(29)21(17)30)28-9-13(23)18-14(25)3-5-27-22(18)28;1-26-8-6-12-3-2-4-17(13(12)10-26)30-18-9-16(20(28)21(18)29)27-11-14(23)19-15(24)5-7-25-22(19)27;22-11-5-15(10-7-26-3-1-9(10)18(11)24)31-16-6-14(19(29)20(16)30)28-8-12(23)17-13(25)2-4-27-21(17)28;25-19-16(24-10-7-14-4-2-8-23-21(14)24)11-18(20(19)26)27-17-5-1-3-13-6-9-22-12-15(13)17/h8-9,11-12,18,20,22-23,28-29H,4-7,10H2,1-3H3;3,5-6,9,15,17,20-21,26,29-30H,2,4,7-8H2,1H3,(H2,25,27);2-5,7,11,16,18,20-21,28-29H,6,8-10H2,1H3,(H2,24,25);2,4-5,8,14,16,19-20,26,29-30H,1,3,6-7H2,(H2,25,27);1-5,7-8,10,16,18-20,22,25-26H,6,9,11-12H2/t18?,20?,22-,23+;;16?,18?,20-,21+;14?,16?,19-,20+;16?,18?,19-,20+/m0.000/s1. The zero-order valence-corrected chi connectivity index (χ0v) is 84.4. The molecule has 784 valence electrons. The van der Waals surface area contributed by atoms with E-state index in [1.165, 1.54) is 105 Å². The number of nitrogen functional groups attached to an aromatic ring is 3. The number of rotatable bonds is 15. The molecule has 10 aromatic heterocycles. The number of hydrogen-bond acceptors (Lipinski definition) is 28. The molecule has 6 aliphatic carbocycles. The summed E-state index contributed by atoms with van der Waals surface area (Å²) in [5.74, 6) is 1.19. The van der Waals surface area contributed by atoms with Gasteiger partial charge in [-0.05, 0) is 238 Å². The van der Waals surface area contributed by atoms with Crippen molar-refractivity contribution < 1.29 is 96.7 Å². The van der Waals surface area contributed by atoms with Gasteiger partial charge >= 0.3 is 0 Å². The van der Waals surface area contributed by atoms with E-state index in [0.29, 0.717) is 109 Å². The van der Waals surface area contributed by atoms with E-state index in [0.717, 1.165) is 119 Å². The Labute approximate surface area is 862 Å². The molecule has 5 saturated carbocycles. The van der Waals surface area contributed by atoms with Crippen molar-refractivity contribution in [1.82, 2.24) is 73.6 Å². The lowest BCUT2D eigenvalue weighted by atomic mass is 9.89. The molecule has 19 N–H and O–H groups in total.